The molecule has 0 unspecified atom stereocenters. The van der Waals surface area contributed by atoms with Gasteiger partial charge in [0.2, 0.25) is 0 Å². The molecule has 7 heteroatoms. The number of benzene rings is 3. The van der Waals surface area contributed by atoms with Crippen LogP contribution in [0.25, 0.3) is 21.9 Å². The second kappa shape index (κ2) is 9.00. The Kier molecular flexibility index (Phi) is 5.91. The molecule has 2 heterocycles. The van der Waals surface area contributed by atoms with Gasteiger partial charge in [0.05, 0.1) is 10.7 Å². The van der Waals surface area contributed by atoms with Gasteiger partial charge in [0.25, 0.3) is 0 Å². The van der Waals surface area contributed by atoms with Gasteiger partial charge in [0, 0.05) is 39.1 Å². The number of halogens is 2. The summed E-state index contributed by atoms with van der Waals surface area (Å²) < 4.78 is 9.57. The van der Waals surface area contributed by atoms with E-state index in [2.05, 4.69) is 96.5 Å². The average Bonchev–Trinajstić information content (AvgIpc) is 3.38. The Hall–Kier alpha value is -3.16. The van der Waals surface area contributed by atoms with Crippen LogP contribution in [0.15, 0.2) is 91.4 Å². The quantitative estimate of drug-likeness (QED) is 0.184. The lowest BCUT2D eigenvalue weighted by Gasteiger charge is -2.06. The first-order valence-corrected chi connectivity index (χ1v) is 11.9. The molecule has 5 nitrogen and oxygen atoms in total. The van der Waals surface area contributed by atoms with Crippen LogP contribution in [0.4, 0.5) is 0 Å². The first kappa shape index (κ1) is 21.7. The Morgan fingerprint density at radius 2 is 1.88 bits per heavy atom. The van der Waals surface area contributed by atoms with E-state index in [1.165, 1.54) is 11.1 Å². The van der Waals surface area contributed by atoms with E-state index < -0.39 is 5.91 Å². The van der Waals surface area contributed by atoms with Gasteiger partial charge in [-0.25, -0.2) is 5.43 Å². The van der Waals surface area contributed by atoms with Crippen molar-refractivity contribution in [2.45, 2.75) is 13.5 Å². The molecule has 0 spiro atoms. The van der Waals surface area contributed by atoms with Gasteiger partial charge in [-0.2, -0.15) is 5.10 Å². The minimum atomic E-state index is -0.408. The van der Waals surface area contributed by atoms with Crippen LogP contribution >= 0.6 is 31.9 Å². The lowest BCUT2D eigenvalue weighted by molar-refractivity contribution is 0.0929. The van der Waals surface area contributed by atoms with Crippen LogP contribution in [0.1, 0.15) is 27.2 Å². The molecule has 0 radical (unpaired) electrons. The molecule has 1 amide bonds. The molecular weight excluding hydrogens is 546 g/mol. The molecular formula is C26H19Br2N3O2. The molecule has 0 bridgehead atoms. The van der Waals surface area contributed by atoms with Gasteiger partial charge in [-0.3, -0.25) is 4.79 Å². The Balaban J connectivity index is 1.37. The maximum absolute atomic E-state index is 12.6. The molecule has 3 aromatic carbocycles. The highest BCUT2D eigenvalue weighted by molar-refractivity contribution is 9.11. The summed E-state index contributed by atoms with van der Waals surface area (Å²) in [6.07, 6.45) is 3.72. The van der Waals surface area contributed by atoms with Crippen molar-refractivity contribution >= 4 is 65.9 Å². The topological polar surface area (TPSA) is 59.5 Å². The zero-order valence-electron chi connectivity index (χ0n) is 17.7. The molecule has 0 fully saturated rings. The molecule has 0 saturated carbocycles. The van der Waals surface area contributed by atoms with Gasteiger partial charge in [-0.15, -0.1) is 0 Å². The minimum absolute atomic E-state index is 0.197. The van der Waals surface area contributed by atoms with E-state index in [4.69, 9.17) is 4.42 Å². The first-order valence-electron chi connectivity index (χ1n) is 10.3. The molecule has 1 N–H and O–H groups in total. The number of amides is 1. The Morgan fingerprint density at radius 3 is 2.70 bits per heavy atom. The summed E-state index contributed by atoms with van der Waals surface area (Å²) in [7, 11) is 0. The third-order valence-electron chi connectivity index (χ3n) is 5.42. The van der Waals surface area contributed by atoms with E-state index in [1.54, 1.807) is 12.3 Å². The number of nitrogens with one attached hydrogen (secondary N) is 1. The van der Waals surface area contributed by atoms with Crippen molar-refractivity contribution in [3.63, 3.8) is 0 Å². The predicted octanol–water partition coefficient (Wildman–Crippen LogP) is 7.03. The van der Waals surface area contributed by atoms with Crippen molar-refractivity contribution in [3.05, 3.63) is 104 Å². The van der Waals surface area contributed by atoms with Crippen molar-refractivity contribution in [2.24, 2.45) is 5.10 Å². The first-order chi connectivity index (χ1) is 16.0. The van der Waals surface area contributed by atoms with Gasteiger partial charge in [-0.1, -0.05) is 64.0 Å². The van der Waals surface area contributed by atoms with Gasteiger partial charge in [0.15, 0.2) is 5.76 Å². The normalized spacial score (nSPS) is 11.6. The lowest BCUT2D eigenvalue weighted by atomic mass is 10.1. The van der Waals surface area contributed by atoms with Gasteiger partial charge >= 0.3 is 5.91 Å². The molecule has 164 valence electrons. The van der Waals surface area contributed by atoms with E-state index >= 15 is 0 Å². The summed E-state index contributed by atoms with van der Waals surface area (Å²) in [6, 6.07) is 22.1. The molecule has 0 aliphatic carbocycles. The molecule has 2 aromatic heterocycles. The third-order valence-corrected chi connectivity index (χ3v) is 6.47. The predicted molar refractivity (Wildman–Crippen MR) is 139 cm³/mol. The van der Waals surface area contributed by atoms with E-state index in [-0.39, 0.29) is 5.76 Å². The Bertz CT molecular complexity index is 1510. The molecule has 0 aliphatic rings. The summed E-state index contributed by atoms with van der Waals surface area (Å²) in [6.45, 7) is 2.84. The number of nitrogens with zero attached hydrogens (tertiary/aromatic N) is 2. The molecule has 0 saturated heterocycles. The van der Waals surface area contributed by atoms with Crippen molar-refractivity contribution in [2.75, 3.05) is 0 Å². The number of hydrazone groups is 1. The van der Waals surface area contributed by atoms with Crippen molar-refractivity contribution < 1.29 is 9.21 Å². The molecule has 0 atom stereocenters. The number of furan rings is 1. The monoisotopic (exact) mass is 563 g/mol. The van der Waals surface area contributed by atoms with Crippen LogP contribution in [0.5, 0.6) is 0 Å². The third kappa shape index (κ3) is 4.51. The largest absolute Gasteiger partial charge is 0.450 e. The maximum atomic E-state index is 12.6. The SMILES string of the molecule is Cc1ccc(Cn2cc(/C=N\NC(=O)c3cc4cc(Br)cc(Br)c4o3)c3ccccc32)cc1. The van der Waals surface area contributed by atoms with Crippen LogP contribution in [0, 0.1) is 6.92 Å². The van der Waals surface area contributed by atoms with Crippen molar-refractivity contribution in [3.8, 4) is 0 Å². The standard InChI is InChI=1S/C26H19Br2N3O2/c1-16-6-8-17(9-7-16)14-31-15-19(21-4-2-3-5-23(21)31)13-29-30-26(32)24-11-18-10-20(27)12-22(28)25(18)33-24/h2-13,15H,14H2,1H3,(H,30,32)/b29-13-. The number of carbonyl (C=O) groups excluding carboxylic acids is 1. The summed E-state index contributed by atoms with van der Waals surface area (Å²) in [5.74, 6) is -0.211. The van der Waals surface area contributed by atoms with Crippen molar-refractivity contribution in [1.29, 1.82) is 0 Å². The number of aromatic nitrogens is 1. The summed E-state index contributed by atoms with van der Waals surface area (Å²) in [5, 5.41) is 6.08. The summed E-state index contributed by atoms with van der Waals surface area (Å²) in [4.78, 5) is 12.6. The number of aryl methyl sites for hydroxylation is 1. The number of hydrogen-bond acceptors (Lipinski definition) is 3. The molecule has 33 heavy (non-hydrogen) atoms. The lowest BCUT2D eigenvalue weighted by Crippen LogP contribution is -2.16. The minimum Gasteiger partial charge on any atom is -0.450 e. The number of rotatable bonds is 5. The number of para-hydroxylation sites is 1. The van der Waals surface area contributed by atoms with E-state index in [0.29, 0.717) is 5.58 Å². The number of carbonyl (C=O) groups is 1. The van der Waals surface area contributed by atoms with E-state index in [9.17, 15) is 4.79 Å². The highest BCUT2D eigenvalue weighted by Crippen LogP contribution is 2.31. The van der Waals surface area contributed by atoms with E-state index in [1.807, 2.05) is 24.3 Å². The number of fused-ring (bicyclic) bond motifs is 2. The second-order valence-corrected chi connectivity index (χ2v) is 9.60. The molecule has 0 aliphatic heterocycles. The smallest absolute Gasteiger partial charge is 0.307 e. The highest BCUT2D eigenvalue weighted by Gasteiger charge is 2.14. The van der Waals surface area contributed by atoms with Gasteiger partial charge < -0.3 is 8.98 Å². The van der Waals surface area contributed by atoms with E-state index in [0.717, 1.165) is 37.3 Å². The fourth-order valence-corrected chi connectivity index (χ4v) is 5.14. The van der Waals surface area contributed by atoms with Crippen LogP contribution < -0.4 is 5.43 Å². The maximum Gasteiger partial charge on any atom is 0.307 e. The highest BCUT2D eigenvalue weighted by atomic mass is 79.9. The van der Waals surface area contributed by atoms with Crippen LogP contribution in [-0.4, -0.2) is 16.7 Å². The Morgan fingerprint density at radius 1 is 1.09 bits per heavy atom. The van der Waals surface area contributed by atoms with Crippen LogP contribution in [0.2, 0.25) is 0 Å². The molecule has 5 rings (SSSR count). The summed E-state index contributed by atoms with van der Waals surface area (Å²) >= 11 is 6.90. The fourth-order valence-electron chi connectivity index (χ4n) is 3.80. The summed E-state index contributed by atoms with van der Waals surface area (Å²) in [5.41, 5.74) is 7.69. The Labute approximate surface area is 207 Å². The van der Waals surface area contributed by atoms with Crippen molar-refractivity contribution in [1.82, 2.24) is 9.99 Å². The van der Waals surface area contributed by atoms with Crippen LogP contribution in [-0.2, 0) is 6.54 Å². The average molecular weight is 565 g/mol. The fraction of sp³-hybridized carbons (Fsp3) is 0.0769. The van der Waals surface area contributed by atoms with Gasteiger partial charge in [-0.05, 0) is 52.7 Å². The zero-order valence-corrected chi connectivity index (χ0v) is 20.9. The van der Waals surface area contributed by atoms with Crippen LogP contribution in [0.3, 0.4) is 0 Å². The molecule has 5 aromatic rings. The second-order valence-electron chi connectivity index (χ2n) is 7.83. The number of hydrogen-bond donors (Lipinski definition) is 1. The zero-order chi connectivity index (χ0) is 22.9. The van der Waals surface area contributed by atoms with Gasteiger partial charge in [0.1, 0.15) is 5.58 Å².